The molecule has 1 unspecified atom stereocenters. The number of carbonyl (C=O) groups is 2. The first-order chi connectivity index (χ1) is 8.54. The first-order valence-corrected chi connectivity index (χ1v) is 5.79. The van der Waals surface area contributed by atoms with Crippen molar-refractivity contribution in [3.05, 3.63) is 29.3 Å². The zero-order chi connectivity index (χ0) is 13.3. The number of amides is 1. The van der Waals surface area contributed by atoms with E-state index in [2.05, 4.69) is 15.4 Å². The number of para-hydroxylation sites is 1. The second-order valence-corrected chi connectivity index (χ2v) is 4.37. The lowest BCUT2D eigenvalue weighted by Gasteiger charge is -2.16. The van der Waals surface area contributed by atoms with Gasteiger partial charge >= 0.3 is 5.97 Å². The molecule has 1 amide bonds. The minimum atomic E-state index is -0.530. The van der Waals surface area contributed by atoms with E-state index < -0.39 is 12.1 Å². The number of anilines is 1. The normalized spacial score (nSPS) is 19.1. The molecule has 1 aromatic carbocycles. The number of carbonyl (C=O) groups excluding carboxylic acids is 2. The van der Waals surface area contributed by atoms with Crippen LogP contribution in [0.1, 0.15) is 24.1 Å². The minimum absolute atomic E-state index is 0.143. The van der Waals surface area contributed by atoms with Crippen molar-refractivity contribution in [3.63, 3.8) is 0 Å². The summed E-state index contributed by atoms with van der Waals surface area (Å²) in [5.41, 5.74) is 2.71. The van der Waals surface area contributed by atoms with E-state index in [0.29, 0.717) is 0 Å². The fourth-order valence-electron chi connectivity index (χ4n) is 2.10. The summed E-state index contributed by atoms with van der Waals surface area (Å²) in [6.45, 7) is 3.61. The standard InChI is InChI=1S/C13H16N2O3/c1-7-5-4-6-9-10(7)15-12(16)11(9)14-8(2)13(17)18-3/h4-6,8,11,14H,1-3H3,(H,15,16)/t8-,11?/m0/s1. The van der Waals surface area contributed by atoms with Crippen molar-refractivity contribution in [1.82, 2.24) is 5.32 Å². The molecule has 0 spiro atoms. The number of aryl methyl sites for hydroxylation is 1. The molecule has 1 aromatic rings. The van der Waals surface area contributed by atoms with Crippen molar-refractivity contribution in [2.45, 2.75) is 25.9 Å². The molecular weight excluding hydrogens is 232 g/mol. The highest BCUT2D eigenvalue weighted by Crippen LogP contribution is 2.33. The molecule has 0 saturated carbocycles. The second-order valence-electron chi connectivity index (χ2n) is 4.37. The van der Waals surface area contributed by atoms with Crippen molar-refractivity contribution in [2.75, 3.05) is 12.4 Å². The molecule has 0 aliphatic carbocycles. The number of nitrogens with one attached hydrogen (secondary N) is 2. The van der Waals surface area contributed by atoms with Gasteiger partial charge in [0.25, 0.3) is 0 Å². The third kappa shape index (κ3) is 2.09. The second kappa shape index (κ2) is 4.78. The van der Waals surface area contributed by atoms with Gasteiger partial charge < -0.3 is 10.1 Å². The fourth-order valence-corrected chi connectivity index (χ4v) is 2.10. The SMILES string of the molecule is COC(=O)[C@H](C)NC1C(=O)Nc2c(C)cccc21. The number of esters is 1. The molecule has 0 saturated heterocycles. The predicted octanol–water partition coefficient (Wildman–Crippen LogP) is 1.14. The van der Waals surface area contributed by atoms with E-state index in [0.717, 1.165) is 16.8 Å². The molecule has 0 aromatic heterocycles. The van der Waals surface area contributed by atoms with E-state index in [1.807, 2.05) is 25.1 Å². The Hall–Kier alpha value is -1.88. The Balaban J connectivity index is 2.23. The molecule has 0 bridgehead atoms. The van der Waals surface area contributed by atoms with Crippen molar-refractivity contribution in [3.8, 4) is 0 Å². The van der Waals surface area contributed by atoms with Gasteiger partial charge in [-0.3, -0.25) is 14.9 Å². The van der Waals surface area contributed by atoms with Gasteiger partial charge in [0, 0.05) is 11.3 Å². The minimum Gasteiger partial charge on any atom is -0.468 e. The van der Waals surface area contributed by atoms with Crippen LogP contribution in [0.2, 0.25) is 0 Å². The van der Waals surface area contributed by atoms with E-state index >= 15 is 0 Å². The Morgan fingerprint density at radius 1 is 1.50 bits per heavy atom. The van der Waals surface area contributed by atoms with Crippen LogP contribution in [-0.4, -0.2) is 25.0 Å². The molecule has 2 atom stereocenters. The van der Waals surface area contributed by atoms with Crippen molar-refractivity contribution >= 4 is 17.6 Å². The lowest BCUT2D eigenvalue weighted by molar-refractivity contribution is -0.142. The van der Waals surface area contributed by atoms with Crippen LogP contribution in [0.15, 0.2) is 18.2 Å². The summed E-state index contributed by atoms with van der Waals surface area (Å²) >= 11 is 0. The van der Waals surface area contributed by atoms with Crippen molar-refractivity contribution < 1.29 is 14.3 Å². The summed E-state index contributed by atoms with van der Waals surface area (Å²) in [6, 6.07) is 4.67. The molecule has 1 aliphatic rings. The van der Waals surface area contributed by atoms with Crippen LogP contribution in [0, 0.1) is 6.92 Å². The quantitative estimate of drug-likeness (QED) is 0.787. The number of fused-ring (bicyclic) bond motifs is 1. The Labute approximate surface area is 106 Å². The first kappa shape index (κ1) is 12.6. The number of benzene rings is 1. The first-order valence-electron chi connectivity index (χ1n) is 5.79. The summed E-state index contributed by atoms with van der Waals surface area (Å²) in [4.78, 5) is 23.3. The average molecular weight is 248 g/mol. The Morgan fingerprint density at radius 3 is 2.89 bits per heavy atom. The van der Waals surface area contributed by atoms with E-state index in [9.17, 15) is 9.59 Å². The van der Waals surface area contributed by atoms with Gasteiger partial charge in [0.05, 0.1) is 7.11 Å². The highest BCUT2D eigenvalue weighted by atomic mass is 16.5. The zero-order valence-electron chi connectivity index (χ0n) is 10.6. The van der Waals surface area contributed by atoms with Gasteiger partial charge in [-0.05, 0) is 19.4 Å². The molecular formula is C13H16N2O3. The Morgan fingerprint density at radius 2 is 2.22 bits per heavy atom. The number of rotatable bonds is 3. The molecule has 2 N–H and O–H groups in total. The topological polar surface area (TPSA) is 67.4 Å². The maximum atomic E-state index is 11.9. The Kier molecular flexibility index (Phi) is 3.34. The summed E-state index contributed by atoms with van der Waals surface area (Å²) in [5.74, 6) is -0.529. The van der Waals surface area contributed by atoms with Crippen LogP contribution in [0.4, 0.5) is 5.69 Å². The third-order valence-corrected chi connectivity index (χ3v) is 3.10. The molecule has 18 heavy (non-hydrogen) atoms. The van der Waals surface area contributed by atoms with Crippen molar-refractivity contribution in [1.29, 1.82) is 0 Å². The van der Waals surface area contributed by atoms with E-state index in [1.165, 1.54) is 7.11 Å². The predicted molar refractivity (Wildman–Crippen MR) is 67.2 cm³/mol. The number of ether oxygens (including phenoxy) is 1. The van der Waals surface area contributed by atoms with Gasteiger partial charge in [-0.15, -0.1) is 0 Å². The summed E-state index contributed by atoms with van der Waals surface area (Å²) < 4.78 is 4.64. The number of hydrogen-bond acceptors (Lipinski definition) is 4. The summed E-state index contributed by atoms with van der Waals surface area (Å²) in [7, 11) is 1.33. The lowest BCUT2D eigenvalue weighted by Crippen LogP contribution is -2.40. The number of methoxy groups -OCH3 is 1. The number of hydrogen-bond donors (Lipinski definition) is 2. The van der Waals surface area contributed by atoms with Gasteiger partial charge in [0.15, 0.2) is 0 Å². The Bertz CT molecular complexity index is 499. The maximum Gasteiger partial charge on any atom is 0.322 e. The third-order valence-electron chi connectivity index (χ3n) is 3.10. The highest BCUT2D eigenvalue weighted by molar-refractivity contribution is 6.03. The van der Waals surface area contributed by atoms with Gasteiger partial charge in [-0.25, -0.2) is 0 Å². The van der Waals surface area contributed by atoms with Crippen LogP contribution in [0.5, 0.6) is 0 Å². The van der Waals surface area contributed by atoms with E-state index in [1.54, 1.807) is 6.92 Å². The van der Waals surface area contributed by atoms with E-state index in [4.69, 9.17) is 0 Å². The molecule has 0 fully saturated rings. The molecule has 1 aliphatic heterocycles. The smallest absolute Gasteiger partial charge is 0.322 e. The van der Waals surface area contributed by atoms with E-state index in [-0.39, 0.29) is 11.9 Å². The molecule has 5 heteroatoms. The van der Waals surface area contributed by atoms with Crippen LogP contribution >= 0.6 is 0 Å². The van der Waals surface area contributed by atoms with Crippen LogP contribution in [0.25, 0.3) is 0 Å². The van der Waals surface area contributed by atoms with Gasteiger partial charge in [0.2, 0.25) is 5.91 Å². The zero-order valence-corrected chi connectivity index (χ0v) is 10.6. The summed E-state index contributed by atoms with van der Waals surface area (Å²) in [5, 5.41) is 5.80. The molecule has 2 rings (SSSR count). The van der Waals surface area contributed by atoms with Gasteiger partial charge in [-0.1, -0.05) is 18.2 Å². The maximum absolute atomic E-state index is 11.9. The molecule has 96 valence electrons. The van der Waals surface area contributed by atoms with Crippen LogP contribution in [0.3, 0.4) is 0 Å². The van der Waals surface area contributed by atoms with Gasteiger partial charge in [-0.2, -0.15) is 0 Å². The molecule has 1 heterocycles. The monoisotopic (exact) mass is 248 g/mol. The average Bonchev–Trinajstić information content (AvgIpc) is 2.67. The summed E-state index contributed by atoms with van der Waals surface area (Å²) in [6.07, 6.45) is 0. The van der Waals surface area contributed by atoms with Crippen LogP contribution in [-0.2, 0) is 14.3 Å². The van der Waals surface area contributed by atoms with Gasteiger partial charge in [0.1, 0.15) is 12.1 Å². The fraction of sp³-hybridized carbons (Fsp3) is 0.385. The lowest BCUT2D eigenvalue weighted by atomic mass is 10.0. The highest BCUT2D eigenvalue weighted by Gasteiger charge is 2.33. The van der Waals surface area contributed by atoms with Crippen molar-refractivity contribution in [2.24, 2.45) is 0 Å². The molecule has 0 radical (unpaired) electrons. The van der Waals surface area contributed by atoms with Crippen LogP contribution < -0.4 is 10.6 Å². The largest absolute Gasteiger partial charge is 0.468 e. The molecule has 5 nitrogen and oxygen atoms in total.